The topological polar surface area (TPSA) is 23.6 Å². The lowest BCUT2D eigenvalue weighted by Crippen LogP contribution is -2.38. The maximum atomic E-state index is 13.2. The Labute approximate surface area is 121 Å². The monoisotopic (exact) mass is 280 g/mol. The van der Waals surface area contributed by atoms with Crippen molar-refractivity contribution in [2.75, 3.05) is 26.7 Å². The van der Waals surface area contributed by atoms with E-state index in [1.807, 2.05) is 24.9 Å². The van der Waals surface area contributed by atoms with Crippen molar-refractivity contribution in [3.05, 3.63) is 35.6 Å². The number of unbranched alkanes of at least 4 members (excludes halogenated alkanes) is 1. The fourth-order valence-electron chi connectivity index (χ4n) is 2.07. The number of rotatable bonds is 8. The van der Waals surface area contributed by atoms with Crippen molar-refractivity contribution in [3.63, 3.8) is 0 Å². The third kappa shape index (κ3) is 5.70. The first-order valence-electron chi connectivity index (χ1n) is 7.27. The van der Waals surface area contributed by atoms with Crippen LogP contribution in [-0.4, -0.2) is 42.4 Å². The Kier molecular flexibility index (Phi) is 7.23. The van der Waals surface area contributed by atoms with Crippen LogP contribution in [0, 0.1) is 5.82 Å². The highest BCUT2D eigenvalue weighted by Gasteiger charge is 2.14. The zero-order valence-corrected chi connectivity index (χ0v) is 12.7. The summed E-state index contributed by atoms with van der Waals surface area (Å²) in [5, 5.41) is 0. The fourth-order valence-corrected chi connectivity index (χ4v) is 2.07. The summed E-state index contributed by atoms with van der Waals surface area (Å²) in [6.07, 6.45) is 2.22. The molecule has 0 saturated heterocycles. The van der Waals surface area contributed by atoms with Gasteiger partial charge in [0.1, 0.15) is 5.82 Å². The quantitative estimate of drug-likeness (QED) is 0.731. The summed E-state index contributed by atoms with van der Waals surface area (Å²) in [4.78, 5) is 16.0. The molecule has 1 aromatic carbocycles. The Balaban J connectivity index is 2.54. The molecule has 0 fully saturated rings. The third-order valence-electron chi connectivity index (χ3n) is 3.30. The molecule has 20 heavy (non-hydrogen) atoms. The van der Waals surface area contributed by atoms with Gasteiger partial charge in [-0.1, -0.05) is 25.5 Å². The largest absolute Gasteiger partial charge is 0.338 e. The zero-order chi connectivity index (χ0) is 15.0. The van der Waals surface area contributed by atoms with E-state index in [1.165, 1.54) is 12.1 Å². The van der Waals surface area contributed by atoms with E-state index in [1.54, 1.807) is 11.0 Å². The number of halogens is 1. The van der Waals surface area contributed by atoms with E-state index in [0.717, 1.165) is 24.9 Å². The summed E-state index contributed by atoms with van der Waals surface area (Å²) in [5.41, 5.74) is 0.830. The molecule has 1 aromatic rings. The van der Waals surface area contributed by atoms with Gasteiger partial charge in [0.15, 0.2) is 0 Å². The summed E-state index contributed by atoms with van der Waals surface area (Å²) >= 11 is 0. The van der Waals surface area contributed by atoms with Crippen LogP contribution in [0.3, 0.4) is 0 Å². The molecular weight excluding hydrogens is 255 g/mol. The molecule has 0 atom stereocenters. The highest BCUT2D eigenvalue weighted by Crippen LogP contribution is 2.08. The van der Waals surface area contributed by atoms with Crippen LogP contribution in [-0.2, 0) is 11.3 Å². The first-order chi connectivity index (χ1) is 9.56. The molecule has 0 aromatic heterocycles. The summed E-state index contributed by atoms with van der Waals surface area (Å²) in [5.74, 6) is -0.165. The van der Waals surface area contributed by atoms with E-state index >= 15 is 0 Å². The van der Waals surface area contributed by atoms with E-state index in [2.05, 4.69) is 6.92 Å². The van der Waals surface area contributed by atoms with Crippen molar-refractivity contribution in [3.8, 4) is 0 Å². The maximum absolute atomic E-state index is 13.2. The molecule has 0 radical (unpaired) electrons. The van der Waals surface area contributed by atoms with Crippen LogP contribution in [0.5, 0.6) is 0 Å². The van der Waals surface area contributed by atoms with E-state index in [4.69, 9.17) is 0 Å². The number of likely N-dealkylation sites (N-methyl/N-ethyl adjacent to an activating group) is 2. The molecule has 0 aliphatic rings. The van der Waals surface area contributed by atoms with Crippen LogP contribution < -0.4 is 0 Å². The van der Waals surface area contributed by atoms with Gasteiger partial charge in [0.2, 0.25) is 5.91 Å². The molecule has 0 N–H and O–H groups in total. The van der Waals surface area contributed by atoms with Gasteiger partial charge >= 0.3 is 0 Å². The van der Waals surface area contributed by atoms with Gasteiger partial charge in [-0.15, -0.1) is 0 Å². The Bertz CT molecular complexity index is 423. The van der Waals surface area contributed by atoms with Gasteiger partial charge in [-0.3, -0.25) is 9.69 Å². The summed E-state index contributed by atoms with van der Waals surface area (Å²) in [6.45, 7) is 6.54. The minimum Gasteiger partial charge on any atom is -0.338 e. The second-order valence-corrected chi connectivity index (χ2v) is 5.13. The third-order valence-corrected chi connectivity index (χ3v) is 3.30. The molecule has 4 heteroatoms. The molecular formula is C16H25FN2O. The van der Waals surface area contributed by atoms with Crippen molar-refractivity contribution < 1.29 is 9.18 Å². The summed E-state index contributed by atoms with van der Waals surface area (Å²) < 4.78 is 13.2. The molecule has 0 aliphatic heterocycles. The Morgan fingerprint density at radius 2 is 2.05 bits per heavy atom. The molecule has 0 heterocycles. The number of benzene rings is 1. The summed E-state index contributed by atoms with van der Waals surface area (Å²) in [7, 11) is 1.96. The minimum atomic E-state index is -0.258. The second kappa shape index (κ2) is 8.69. The Hall–Kier alpha value is -1.42. The first-order valence-corrected chi connectivity index (χ1v) is 7.27. The van der Waals surface area contributed by atoms with Crippen molar-refractivity contribution in [1.29, 1.82) is 0 Å². The molecule has 0 unspecified atom stereocenters. The van der Waals surface area contributed by atoms with Gasteiger partial charge in [0.25, 0.3) is 0 Å². The van der Waals surface area contributed by atoms with Crippen molar-refractivity contribution in [2.45, 2.75) is 33.2 Å². The van der Waals surface area contributed by atoms with Gasteiger partial charge in [-0.2, -0.15) is 0 Å². The van der Waals surface area contributed by atoms with E-state index < -0.39 is 0 Å². The SMILES string of the molecule is CCCCN(C)CC(=O)N(CC)Cc1cccc(F)c1. The number of hydrogen-bond acceptors (Lipinski definition) is 2. The van der Waals surface area contributed by atoms with Gasteiger partial charge in [0.05, 0.1) is 6.54 Å². The molecule has 1 rings (SSSR count). The van der Waals surface area contributed by atoms with Gasteiger partial charge in [0, 0.05) is 13.1 Å². The summed E-state index contributed by atoms with van der Waals surface area (Å²) in [6, 6.07) is 6.42. The lowest BCUT2D eigenvalue weighted by molar-refractivity contribution is -0.132. The number of amides is 1. The molecule has 0 spiro atoms. The number of hydrogen-bond donors (Lipinski definition) is 0. The van der Waals surface area contributed by atoms with Crippen LogP contribution in [0.25, 0.3) is 0 Å². The first kappa shape index (κ1) is 16.6. The lowest BCUT2D eigenvalue weighted by Gasteiger charge is -2.24. The smallest absolute Gasteiger partial charge is 0.237 e. The van der Waals surface area contributed by atoms with Crippen LogP contribution >= 0.6 is 0 Å². The average molecular weight is 280 g/mol. The Morgan fingerprint density at radius 1 is 1.30 bits per heavy atom. The highest BCUT2D eigenvalue weighted by atomic mass is 19.1. The predicted octanol–water partition coefficient (Wildman–Crippen LogP) is 2.91. The normalized spacial score (nSPS) is 10.8. The van der Waals surface area contributed by atoms with Gasteiger partial charge in [-0.25, -0.2) is 4.39 Å². The molecule has 112 valence electrons. The van der Waals surface area contributed by atoms with E-state index in [9.17, 15) is 9.18 Å². The lowest BCUT2D eigenvalue weighted by atomic mass is 10.2. The average Bonchev–Trinajstić information content (AvgIpc) is 2.42. The van der Waals surface area contributed by atoms with Crippen molar-refractivity contribution >= 4 is 5.91 Å². The van der Waals surface area contributed by atoms with E-state index in [-0.39, 0.29) is 11.7 Å². The van der Waals surface area contributed by atoms with Crippen LogP contribution in [0.1, 0.15) is 32.3 Å². The number of nitrogens with zero attached hydrogens (tertiary/aromatic N) is 2. The predicted molar refractivity (Wildman–Crippen MR) is 79.9 cm³/mol. The molecule has 0 bridgehead atoms. The van der Waals surface area contributed by atoms with Crippen LogP contribution in [0.4, 0.5) is 4.39 Å². The molecule has 1 amide bonds. The fraction of sp³-hybridized carbons (Fsp3) is 0.562. The second-order valence-electron chi connectivity index (χ2n) is 5.13. The number of carbonyl (C=O) groups excluding carboxylic acids is 1. The van der Waals surface area contributed by atoms with Crippen molar-refractivity contribution in [1.82, 2.24) is 9.80 Å². The maximum Gasteiger partial charge on any atom is 0.237 e. The Morgan fingerprint density at radius 3 is 2.65 bits per heavy atom. The van der Waals surface area contributed by atoms with Crippen LogP contribution in [0.15, 0.2) is 24.3 Å². The molecule has 0 saturated carbocycles. The molecule has 3 nitrogen and oxygen atoms in total. The van der Waals surface area contributed by atoms with Gasteiger partial charge in [-0.05, 0) is 44.6 Å². The van der Waals surface area contributed by atoms with Gasteiger partial charge < -0.3 is 4.90 Å². The highest BCUT2D eigenvalue weighted by molar-refractivity contribution is 5.78. The minimum absolute atomic E-state index is 0.0929. The van der Waals surface area contributed by atoms with E-state index in [0.29, 0.717) is 19.6 Å². The molecule has 0 aliphatic carbocycles. The zero-order valence-electron chi connectivity index (χ0n) is 12.7. The van der Waals surface area contributed by atoms with Crippen molar-refractivity contribution in [2.24, 2.45) is 0 Å². The van der Waals surface area contributed by atoms with Crippen LogP contribution in [0.2, 0.25) is 0 Å². The number of carbonyl (C=O) groups is 1. The standard InChI is InChI=1S/C16H25FN2O/c1-4-6-10-18(3)13-16(20)19(5-2)12-14-8-7-9-15(17)11-14/h7-9,11H,4-6,10,12-13H2,1-3H3.